The molecule has 0 aromatic heterocycles. The molecule has 4 aromatic rings. The summed E-state index contributed by atoms with van der Waals surface area (Å²) < 4.78 is 33.2. The highest BCUT2D eigenvalue weighted by molar-refractivity contribution is 5.55. The van der Waals surface area contributed by atoms with Crippen molar-refractivity contribution in [1.82, 2.24) is 0 Å². The van der Waals surface area contributed by atoms with Crippen LogP contribution in [0, 0.1) is 5.82 Å². The fourth-order valence-corrected chi connectivity index (χ4v) is 3.33. The first-order valence-electron chi connectivity index (χ1n) is 10.7. The summed E-state index contributed by atoms with van der Waals surface area (Å²) in [6.07, 6.45) is 0. The van der Waals surface area contributed by atoms with Crippen molar-refractivity contribution >= 4 is 0 Å². The topological polar surface area (TPSA) is 47.9 Å². The summed E-state index contributed by atoms with van der Waals surface area (Å²) in [5.74, 6) is -0.267. The van der Waals surface area contributed by atoms with Crippen LogP contribution in [0.3, 0.4) is 0 Å². The van der Waals surface area contributed by atoms with E-state index < -0.39 is 12.4 Å². The molecule has 0 saturated heterocycles. The van der Waals surface area contributed by atoms with Crippen molar-refractivity contribution in [1.29, 1.82) is 0 Å². The standard InChI is InChI=1S/C28H25FO4/c29-26-24(17-30)16-25(31-18-21-10-4-1-5-11-21)27(32-19-22-12-6-2-7-13-22)28(26)33-20-23-14-8-3-9-15-23/h1-16,30H,17-20H2. The minimum Gasteiger partial charge on any atom is -0.485 e. The molecule has 0 aliphatic rings. The number of aliphatic hydroxyl groups excluding tert-OH is 1. The van der Waals surface area contributed by atoms with Crippen molar-refractivity contribution in [2.24, 2.45) is 0 Å². The van der Waals surface area contributed by atoms with Gasteiger partial charge in [-0.1, -0.05) is 91.0 Å². The van der Waals surface area contributed by atoms with Crippen LogP contribution in [0.2, 0.25) is 0 Å². The summed E-state index contributed by atoms with van der Waals surface area (Å²) in [7, 11) is 0. The molecular formula is C28H25FO4. The molecule has 0 aliphatic carbocycles. The number of rotatable bonds is 10. The molecule has 4 nitrogen and oxygen atoms in total. The quantitative estimate of drug-likeness (QED) is 0.323. The molecule has 0 heterocycles. The molecule has 4 aromatic carbocycles. The number of hydrogen-bond donors (Lipinski definition) is 1. The number of halogens is 1. The Bertz CT molecular complexity index is 1150. The molecule has 5 heteroatoms. The van der Waals surface area contributed by atoms with Crippen LogP contribution in [0.4, 0.5) is 4.39 Å². The summed E-state index contributed by atoms with van der Waals surface area (Å²) in [6, 6.07) is 30.2. The molecule has 0 aliphatic heterocycles. The predicted octanol–water partition coefficient (Wildman–Crippen LogP) is 6.06. The molecule has 4 rings (SSSR count). The highest BCUT2D eigenvalue weighted by atomic mass is 19.1. The number of hydrogen-bond acceptors (Lipinski definition) is 4. The van der Waals surface area contributed by atoms with Gasteiger partial charge >= 0.3 is 0 Å². The summed E-state index contributed by atoms with van der Waals surface area (Å²) in [6.45, 7) is 0.125. The van der Waals surface area contributed by atoms with Gasteiger partial charge in [-0.05, 0) is 22.8 Å². The van der Waals surface area contributed by atoms with Crippen LogP contribution in [0.5, 0.6) is 17.2 Å². The second-order valence-electron chi connectivity index (χ2n) is 7.49. The minimum atomic E-state index is -0.663. The summed E-state index contributed by atoms with van der Waals surface area (Å²) >= 11 is 0. The smallest absolute Gasteiger partial charge is 0.207 e. The van der Waals surface area contributed by atoms with Gasteiger partial charge in [0.05, 0.1) is 6.61 Å². The van der Waals surface area contributed by atoms with E-state index in [1.54, 1.807) is 0 Å². The van der Waals surface area contributed by atoms with Crippen molar-refractivity contribution in [3.63, 3.8) is 0 Å². The summed E-state index contributed by atoms with van der Waals surface area (Å²) in [5.41, 5.74) is 2.83. The molecule has 0 unspecified atom stereocenters. The monoisotopic (exact) mass is 444 g/mol. The number of ether oxygens (including phenoxy) is 3. The second kappa shape index (κ2) is 11.2. The van der Waals surface area contributed by atoms with E-state index in [1.807, 2.05) is 91.0 Å². The number of benzene rings is 4. The van der Waals surface area contributed by atoms with Crippen molar-refractivity contribution < 1.29 is 23.7 Å². The summed E-state index contributed by atoms with van der Waals surface area (Å²) in [5, 5.41) is 9.74. The Morgan fingerprint density at radius 2 is 1.00 bits per heavy atom. The summed E-state index contributed by atoms with van der Waals surface area (Å²) in [4.78, 5) is 0. The van der Waals surface area contributed by atoms with Crippen LogP contribution in [0.15, 0.2) is 97.1 Å². The SMILES string of the molecule is OCc1cc(OCc2ccccc2)c(OCc2ccccc2)c(OCc2ccccc2)c1F. The van der Waals surface area contributed by atoms with E-state index in [-0.39, 0.29) is 36.9 Å². The lowest BCUT2D eigenvalue weighted by Gasteiger charge is -2.19. The first-order chi connectivity index (χ1) is 16.2. The van der Waals surface area contributed by atoms with Gasteiger partial charge in [0.15, 0.2) is 11.6 Å². The number of aliphatic hydroxyl groups is 1. The molecule has 0 atom stereocenters. The lowest BCUT2D eigenvalue weighted by Crippen LogP contribution is -2.07. The highest BCUT2D eigenvalue weighted by Gasteiger charge is 2.23. The minimum absolute atomic E-state index is 0.0770. The first kappa shape index (κ1) is 22.4. The normalized spacial score (nSPS) is 10.6. The van der Waals surface area contributed by atoms with Gasteiger partial charge in [0.1, 0.15) is 19.8 Å². The maximum absolute atomic E-state index is 15.3. The molecule has 0 saturated carbocycles. The van der Waals surface area contributed by atoms with Crippen LogP contribution in [0.25, 0.3) is 0 Å². The van der Waals surface area contributed by atoms with Crippen LogP contribution >= 0.6 is 0 Å². The van der Waals surface area contributed by atoms with E-state index in [1.165, 1.54) is 6.07 Å². The lowest BCUT2D eigenvalue weighted by atomic mass is 10.1. The molecule has 33 heavy (non-hydrogen) atoms. The highest BCUT2D eigenvalue weighted by Crippen LogP contribution is 2.43. The zero-order valence-corrected chi connectivity index (χ0v) is 18.1. The van der Waals surface area contributed by atoms with E-state index in [9.17, 15) is 5.11 Å². The molecule has 0 spiro atoms. The maximum Gasteiger partial charge on any atom is 0.207 e. The molecule has 0 radical (unpaired) electrons. The van der Waals surface area contributed by atoms with Crippen molar-refractivity contribution in [2.45, 2.75) is 26.4 Å². The third kappa shape index (κ3) is 5.90. The molecule has 168 valence electrons. The average molecular weight is 445 g/mol. The Balaban J connectivity index is 1.67. The van der Waals surface area contributed by atoms with Gasteiger partial charge in [-0.25, -0.2) is 4.39 Å². The predicted molar refractivity (Wildman–Crippen MR) is 125 cm³/mol. The first-order valence-corrected chi connectivity index (χ1v) is 10.7. The van der Waals surface area contributed by atoms with Crippen molar-refractivity contribution in [3.8, 4) is 17.2 Å². The molecular weight excluding hydrogens is 419 g/mol. The lowest BCUT2D eigenvalue weighted by molar-refractivity contribution is 0.217. The van der Waals surface area contributed by atoms with E-state index in [2.05, 4.69) is 0 Å². The van der Waals surface area contributed by atoms with Crippen LogP contribution < -0.4 is 14.2 Å². The van der Waals surface area contributed by atoms with Gasteiger partial charge in [0.25, 0.3) is 0 Å². The van der Waals surface area contributed by atoms with E-state index in [0.29, 0.717) is 5.75 Å². The molecule has 0 amide bonds. The van der Waals surface area contributed by atoms with Gasteiger partial charge in [-0.15, -0.1) is 0 Å². The molecule has 0 bridgehead atoms. The molecule has 1 N–H and O–H groups in total. The van der Waals surface area contributed by atoms with Crippen LogP contribution in [-0.4, -0.2) is 5.11 Å². The Morgan fingerprint density at radius 3 is 1.45 bits per heavy atom. The Labute approximate surface area is 192 Å². The third-order valence-electron chi connectivity index (χ3n) is 5.08. The van der Waals surface area contributed by atoms with Crippen LogP contribution in [-0.2, 0) is 26.4 Å². The third-order valence-corrected chi connectivity index (χ3v) is 5.08. The average Bonchev–Trinajstić information content (AvgIpc) is 2.88. The Kier molecular flexibility index (Phi) is 7.56. The van der Waals surface area contributed by atoms with Gasteiger partial charge < -0.3 is 19.3 Å². The molecule has 0 fully saturated rings. The van der Waals surface area contributed by atoms with Gasteiger partial charge in [-0.2, -0.15) is 0 Å². The Morgan fingerprint density at radius 1 is 0.576 bits per heavy atom. The zero-order valence-electron chi connectivity index (χ0n) is 18.1. The van der Waals surface area contributed by atoms with Gasteiger partial charge in [-0.3, -0.25) is 0 Å². The van der Waals surface area contributed by atoms with Gasteiger partial charge in [0.2, 0.25) is 11.5 Å². The van der Waals surface area contributed by atoms with E-state index in [4.69, 9.17) is 14.2 Å². The van der Waals surface area contributed by atoms with E-state index in [0.717, 1.165) is 16.7 Å². The Hall–Kier alpha value is -3.83. The van der Waals surface area contributed by atoms with Crippen molar-refractivity contribution in [3.05, 3.63) is 125 Å². The zero-order chi connectivity index (χ0) is 22.9. The second-order valence-corrected chi connectivity index (χ2v) is 7.49. The maximum atomic E-state index is 15.3. The fourth-order valence-electron chi connectivity index (χ4n) is 3.33. The van der Waals surface area contributed by atoms with E-state index >= 15 is 4.39 Å². The largest absolute Gasteiger partial charge is 0.485 e. The van der Waals surface area contributed by atoms with Crippen molar-refractivity contribution in [2.75, 3.05) is 0 Å². The van der Waals surface area contributed by atoms with Crippen LogP contribution in [0.1, 0.15) is 22.3 Å². The fraction of sp³-hybridized carbons (Fsp3) is 0.143. The van der Waals surface area contributed by atoms with Gasteiger partial charge in [0, 0.05) is 5.56 Å².